The van der Waals surface area contributed by atoms with Gasteiger partial charge in [-0.3, -0.25) is 19.7 Å². The topological polar surface area (TPSA) is 90.5 Å². The Bertz CT molecular complexity index is 848. The maximum absolute atomic E-state index is 12.9. The highest BCUT2D eigenvalue weighted by atomic mass is 16.2. The molecule has 7 heteroatoms. The molecular formula is C21H26N4O3. The number of benzene rings is 1. The zero-order chi connectivity index (χ0) is 19.3. The van der Waals surface area contributed by atoms with E-state index in [9.17, 15) is 14.4 Å². The van der Waals surface area contributed by atoms with E-state index >= 15 is 0 Å². The summed E-state index contributed by atoms with van der Waals surface area (Å²) in [5, 5.41) is 9.69. The number of carbonyl (C=O) groups is 3. The van der Waals surface area contributed by atoms with Gasteiger partial charge < -0.3 is 15.5 Å². The zero-order valence-corrected chi connectivity index (χ0v) is 15.9. The van der Waals surface area contributed by atoms with E-state index in [4.69, 9.17) is 0 Å². The van der Waals surface area contributed by atoms with Crippen LogP contribution >= 0.6 is 0 Å². The van der Waals surface area contributed by atoms with Crippen molar-refractivity contribution in [1.29, 1.82) is 0 Å². The van der Waals surface area contributed by atoms with Crippen LogP contribution in [0.3, 0.4) is 0 Å². The molecule has 1 spiro atoms. The molecule has 5 rings (SSSR count). The van der Waals surface area contributed by atoms with Gasteiger partial charge in [0.2, 0.25) is 11.8 Å². The minimum absolute atomic E-state index is 0.106. The molecule has 4 aliphatic rings. The van der Waals surface area contributed by atoms with Crippen molar-refractivity contribution in [3.63, 3.8) is 0 Å². The molecule has 1 aromatic carbocycles. The summed E-state index contributed by atoms with van der Waals surface area (Å²) in [4.78, 5) is 38.2. The van der Waals surface area contributed by atoms with Gasteiger partial charge in [-0.25, -0.2) is 0 Å². The molecule has 7 nitrogen and oxygen atoms in total. The minimum Gasteiger partial charge on any atom is -0.322 e. The summed E-state index contributed by atoms with van der Waals surface area (Å²) in [6.45, 7) is 2.24. The van der Waals surface area contributed by atoms with Gasteiger partial charge in [0.25, 0.3) is 5.91 Å². The molecule has 28 heavy (non-hydrogen) atoms. The van der Waals surface area contributed by atoms with Gasteiger partial charge in [-0.2, -0.15) is 0 Å². The summed E-state index contributed by atoms with van der Waals surface area (Å²) in [6, 6.07) is 5.78. The van der Waals surface area contributed by atoms with E-state index in [1.165, 1.54) is 19.3 Å². The van der Waals surface area contributed by atoms with Crippen molar-refractivity contribution >= 4 is 17.7 Å². The molecule has 2 unspecified atom stereocenters. The Morgan fingerprint density at radius 2 is 2.04 bits per heavy atom. The largest absolute Gasteiger partial charge is 0.322 e. The Morgan fingerprint density at radius 1 is 1.18 bits per heavy atom. The first-order valence-corrected chi connectivity index (χ1v) is 10.3. The Labute approximate surface area is 164 Å². The van der Waals surface area contributed by atoms with Crippen LogP contribution in [0.5, 0.6) is 0 Å². The van der Waals surface area contributed by atoms with Crippen molar-refractivity contribution in [2.45, 2.75) is 69.2 Å². The van der Waals surface area contributed by atoms with E-state index in [2.05, 4.69) is 22.0 Å². The summed E-state index contributed by atoms with van der Waals surface area (Å²) < 4.78 is 0. The van der Waals surface area contributed by atoms with Crippen molar-refractivity contribution < 1.29 is 14.4 Å². The number of fused-ring (bicyclic) bond motifs is 1. The maximum Gasteiger partial charge on any atom is 0.255 e. The molecule has 2 atom stereocenters. The predicted molar refractivity (Wildman–Crippen MR) is 102 cm³/mol. The Balaban J connectivity index is 1.29. The van der Waals surface area contributed by atoms with Crippen LogP contribution in [0.25, 0.3) is 0 Å². The fourth-order valence-corrected chi connectivity index (χ4v) is 4.93. The van der Waals surface area contributed by atoms with Crippen LogP contribution in [-0.2, 0) is 22.7 Å². The predicted octanol–water partition coefficient (Wildman–Crippen LogP) is 0.822. The van der Waals surface area contributed by atoms with Gasteiger partial charge >= 0.3 is 0 Å². The molecule has 2 saturated heterocycles. The molecule has 0 bridgehead atoms. The standard InChI is InChI=1S/C21H26N4O3/c26-18-5-4-17(19(27)24-18)25-12-16-13(2-1-3-15(16)20(25)28)11-22-14-6-9-23-21(10-14)7-8-21/h1-3,14,17,22-23H,4-12H2,(H,24,26,27). The van der Waals surface area contributed by atoms with Gasteiger partial charge in [0.05, 0.1) is 0 Å². The molecule has 3 fully saturated rings. The smallest absolute Gasteiger partial charge is 0.255 e. The second-order valence-corrected chi connectivity index (χ2v) is 8.62. The minimum atomic E-state index is -0.558. The summed E-state index contributed by atoms with van der Waals surface area (Å²) in [6.07, 6.45) is 5.53. The lowest BCUT2D eigenvalue weighted by Gasteiger charge is -2.31. The van der Waals surface area contributed by atoms with Crippen LogP contribution in [0.15, 0.2) is 18.2 Å². The third-order valence-electron chi connectivity index (χ3n) is 6.74. The maximum atomic E-state index is 12.9. The number of hydrogen-bond acceptors (Lipinski definition) is 5. The summed E-state index contributed by atoms with van der Waals surface area (Å²) in [7, 11) is 0. The van der Waals surface area contributed by atoms with Crippen molar-refractivity contribution in [2.24, 2.45) is 0 Å². The average molecular weight is 382 g/mol. The summed E-state index contributed by atoms with van der Waals surface area (Å²) in [5.74, 6) is -0.725. The molecule has 1 aliphatic carbocycles. The molecule has 148 valence electrons. The van der Waals surface area contributed by atoms with Crippen molar-refractivity contribution in [3.8, 4) is 0 Å². The van der Waals surface area contributed by atoms with Gasteiger partial charge in [-0.15, -0.1) is 0 Å². The fraction of sp³-hybridized carbons (Fsp3) is 0.571. The Morgan fingerprint density at radius 3 is 2.82 bits per heavy atom. The average Bonchev–Trinajstić information content (AvgIpc) is 3.34. The molecule has 0 radical (unpaired) electrons. The summed E-state index contributed by atoms with van der Waals surface area (Å²) >= 11 is 0. The second kappa shape index (κ2) is 6.67. The molecule has 1 saturated carbocycles. The van der Waals surface area contributed by atoms with E-state index in [1.54, 1.807) is 4.90 Å². The lowest BCUT2D eigenvalue weighted by atomic mass is 9.96. The van der Waals surface area contributed by atoms with Gasteiger partial charge in [-0.1, -0.05) is 12.1 Å². The van der Waals surface area contributed by atoms with E-state index in [0.717, 1.165) is 30.6 Å². The lowest BCUT2D eigenvalue weighted by molar-refractivity contribution is -0.136. The quantitative estimate of drug-likeness (QED) is 0.671. The highest BCUT2D eigenvalue weighted by Crippen LogP contribution is 2.42. The first-order valence-electron chi connectivity index (χ1n) is 10.3. The van der Waals surface area contributed by atoms with Crippen LogP contribution in [0.2, 0.25) is 0 Å². The fourth-order valence-electron chi connectivity index (χ4n) is 4.93. The normalized spacial score (nSPS) is 28.4. The number of nitrogens with zero attached hydrogens (tertiary/aromatic N) is 1. The van der Waals surface area contributed by atoms with Crippen LogP contribution in [-0.4, -0.2) is 46.8 Å². The van der Waals surface area contributed by atoms with E-state index in [0.29, 0.717) is 30.1 Å². The monoisotopic (exact) mass is 382 g/mol. The third kappa shape index (κ3) is 3.12. The van der Waals surface area contributed by atoms with Gasteiger partial charge in [0.1, 0.15) is 6.04 Å². The van der Waals surface area contributed by atoms with E-state index in [1.807, 2.05) is 12.1 Å². The number of piperidine rings is 2. The highest BCUT2D eigenvalue weighted by Gasteiger charge is 2.45. The lowest BCUT2D eigenvalue weighted by Crippen LogP contribution is -2.52. The number of hydrogen-bond donors (Lipinski definition) is 3. The third-order valence-corrected chi connectivity index (χ3v) is 6.74. The Hall–Kier alpha value is -2.25. The molecular weight excluding hydrogens is 356 g/mol. The van der Waals surface area contributed by atoms with Crippen molar-refractivity contribution in [2.75, 3.05) is 6.54 Å². The zero-order valence-electron chi connectivity index (χ0n) is 15.9. The second-order valence-electron chi connectivity index (χ2n) is 8.62. The Kier molecular flexibility index (Phi) is 4.25. The first kappa shape index (κ1) is 17.8. The molecule has 3 amide bonds. The SMILES string of the molecule is O=C1CCC(N2Cc3c(CNC4CCNC5(CC5)C4)cccc3C2=O)C(=O)N1. The van der Waals surface area contributed by atoms with Crippen LogP contribution in [0.1, 0.15) is 60.0 Å². The van der Waals surface area contributed by atoms with Gasteiger partial charge in [0.15, 0.2) is 0 Å². The van der Waals surface area contributed by atoms with E-state index in [-0.39, 0.29) is 24.1 Å². The summed E-state index contributed by atoms with van der Waals surface area (Å²) in [5.41, 5.74) is 3.21. The molecule has 3 N–H and O–H groups in total. The van der Waals surface area contributed by atoms with Crippen molar-refractivity contribution in [3.05, 3.63) is 34.9 Å². The molecule has 1 aromatic rings. The molecule has 3 aliphatic heterocycles. The number of carbonyl (C=O) groups excluding carboxylic acids is 3. The number of imide groups is 1. The number of rotatable bonds is 4. The van der Waals surface area contributed by atoms with Crippen molar-refractivity contribution in [1.82, 2.24) is 20.9 Å². The van der Waals surface area contributed by atoms with E-state index < -0.39 is 6.04 Å². The van der Waals surface area contributed by atoms with Crippen LogP contribution in [0, 0.1) is 0 Å². The highest BCUT2D eigenvalue weighted by molar-refractivity contribution is 6.05. The molecule has 0 aromatic heterocycles. The number of nitrogens with one attached hydrogen (secondary N) is 3. The van der Waals surface area contributed by atoms with Crippen LogP contribution < -0.4 is 16.0 Å². The first-order chi connectivity index (χ1) is 13.5. The van der Waals surface area contributed by atoms with Crippen LogP contribution in [0.4, 0.5) is 0 Å². The number of amides is 3. The van der Waals surface area contributed by atoms with Gasteiger partial charge in [-0.05, 0) is 55.8 Å². The molecule has 3 heterocycles. The van der Waals surface area contributed by atoms with Gasteiger partial charge in [0, 0.05) is 36.7 Å².